The first kappa shape index (κ1) is 17.4. The molecule has 0 aromatic heterocycles. The topological polar surface area (TPSA) is 113 Å². The molecular formula is C15H25ClN2O5. The molecule has 0 aromatic carbocycles. The minimum atomic E-state index is -4.69. The molecule has 0 aromatic rings. The number of nitrogens with zero attached hydrogens (tertiary/aromatic N) is 2. The van der Waals surface area contributed by atoms with Crippen molar-refractivity contribution in [1.29, 1.82) is 0 Å². The van der Waals surface area contributed by atoms with Gasteiger partial charge >= 0.3 is 0 Å². The summed E-state index contributed by atoms with van der Waals surface area (Å²) in [6, 6.07) is 1.39. The van der Waals surface area contributed by atoms with Gasteiger partial charge in [-0.05, 0) is 50.5 Å². The van der Waals surface area contributed by atoms with Gasteiger partial charge < -0.3 is 4.90 Å². The summed E-state index contributed by atoms with van der Waals surface area (Å²) in [5, 5.41) is 0. The molecule has 4 fully saturated rings. The van der Waals surface area contributed by atoms with Crippen LogP contribution in [0.3, 0.4) is 0 Å². The molecule has 0 unspecified atom stereocenters. The van der Waals surface area contributed by atoms with Gasteiger partial charge in [-0.25, -0.2) is 0 Å². The Morgan fingerprint density at radius 3 is 2.39 bits per heavy atom. The van der Waals surface area contributed by atoms with Crippen molar-refractivity contribution in [1.82, 2.24) is 9.80 Å². The number of fused-ring (bicyclic) bond motifs is 6. The van der Waals surface area contributed by atoms with Gasteiger partial charge in [-0.15, -0.1) is 0 Å². The van der Waals surface area contributed by atoms with E-state index in [1.54, 1.807) is 0 Å². The number of hydrogen-bond donors (Lipinski definition) is 1. The number of carbonyl (C=O) groups excluding carboxylic acids is 1. The molecule has 0 aliphatic carbocycles. The van der Waals surface area contributed by atoms with Crippen molar-refractivity contribution in [3.63, 3.8) is 0 Å². The molecule has 7 nitrogen and oxygen atoms in total. The van der Waals surface area contributed by atoms with E-state index in [0.29, 0.717) is 11.9 Å². The monoisotopic (exact) mass is 348 g/mol. The number of amides is 1. The Labute approximate surface area is 138 Å². The standard InChI is InChI=1S/C15H24N2O.ClHO4/c18-15-6-3-5-14-11-8-12(10-17(14)15)13-4-1-2-7-16(13)9-11;2-1(3,4)5/h11-14H,1-10H2;(H,2,3,4,5)/t11-,12-,13+,14-;/m1./s1. The van der Waals surface area contributed by atoms with Gasteiger partial charge in [0.1, 0.15) is 0 Å². The first-order valence-corrected chi connectivity index (χ1v) is 9.76. The lowest BCUT2D eigenvalue weighted by Gasteiger charge is -2.56. The van der Waals surface area contributed by atoms with Gasteiger partial charge in [-0.2, -0.15) is 14.0 Å². The maximum Gasteiger partial charge on any atom is 0.222 e. The Morgan fingerprint density at radius 1 is 1.00 bits per heavy atom. The van der Waals surface area contributed by atoms with Crippen molar-refractivity contribution in [3.8, 4) is 0 Å². The molecule has 4 saturated heterocycles. The summed E-state index contributed by atoms with van der Waals surface area (Å²) in [7, 11) is -4.69. The van der Waals surface area contributed by atoms with Crippen LogP contribution in [0.1, 0.15) is 44.9 Å². The zero-order valence-corrected chi connectivity index (χ0v) is 14.0. The van der Waals surface area contributed by atoms with E-state index in [4.69, 9.17) is 18.6 Å². The molecule has 132 valence electrons. The van der Waals surface area contributed by atoms with E-state index in [2.05, 4.69) is 9.80 Å². The molecule has 4 atom stereocenters. The lowest BCUT2D eigenvalue weighted by Crippen LogP contribution is -2.64. The Balaban J connectivity index is 0.000000276. The number of halogens is 1. The maximum atomic E-state index is 12.1. The van der Waals surface area contributed by atoms with Gasteiger partial charge in [-0.3, -0.25) is 9.69 Å². The molecule has 1 N–H and O–H groups in total. The molecule has 4 aliphatic rings. The molecule has 1 amide bonds. The maximum absolute atomic E-state index is 12.1. The van der Waals surface area contributed by atoms with Crippen LogP contribution in [-0.4, -0.2) is 52.1 Å². The highest BCUT2D eigenvalue weighted by molar-refractivity contribution is 5.77. The van der Waals surface area contributed by atoms with E-state index >= 15 is 0 Å². The van der Waals surface area contributed by atoms with Crippen LogP contribution < -0.4 is 14.0 Å². The summed E-state index contributed by atoms with van der Waals surface area (Å²) < 4.78 is 32.7. The molecule has 4 rings (SSSR count). The SMILES string of the molecule is O=C1CCC[C@@H]2[C@@H]3C[C@H](CN12)[C@@H]1CCCCN1C3.[O-][Cl+3]([O-])([O-])O. The summed E-state index contributed by atoms with van der Waals surface area (Å²) in [6.07, 6.45) is 8.78. The van der Waals surface area contributed by atoms with Crippen molar-refractivity contribution in [3.05, 3.63) is 0 Å². The molecule has 2 bridgehead atoms. The fourth-order valence-electron chi connectivity index (χ4n) is 5.10. The summed E-state index contributed by atoms with van der Waals surface area (Å²) >= 11 is 0. The Morgan fingerprint density at radius 2 is 1.65 bits per heavy atom. The first-order valence-electron chi connectivity index (χ1n) is 8.49. The van der Waals surface area contributed by atoms with E-state index < -0.39 is 10.2 Å². The Kier molecular flexibility index (Phi) is 5.15. The Bertz CT molecular complexity index is 438. The average molecular weight is 349 g/mol. The minimum Gasteiger partial charge on any atom is -0.339 e. The number of rotatable bonds is 0. The summed E-state index contributed by atoms with van der Waals surface area (Å²) in [4.78, 5) is 17.2. The van der Waals surface area contributed by atoms with Gasteiger partial charge in [0.25, 0.3) is 0 Å². The predicted molar refractivity (Wildman–Crippen MR) is 72.4 cm³/mol. The summed E-state index contributed by atoms with van der Waals surface area (Å²) in [5.74, 6) is 2.01. The third-order valence-electron chi connectivity index (χ3n) is 5.87. The molecule has 23 heavy (non-hydrogen) atoms. The van der Waals surface area contributed by atoms with Crippen LogP contribution in [0, 0.1) is 22.1 Å². The molecule has 4 aliphatic heterocycles. The van der Waals surface area contributed by atoms with Crippen molar-refractivity contribution >= 4 is 5.91 Å². The number of carbonyl (C=O) groups is 1. The van der Waals surface area contributed by atoms with E-state index in [1.807, 2.05) is 0 Å². The largest absolute Gasteiger partial charge is 0.339 e. The van der Waals surface area contributed by atoms with Crippen molar-refractivity contribution in [2.45, 2.75) is 57.0 Å². The molecule has 0 radical (unpaired) electrons. The van der Waals surface area contributed by atoms with Gasteiger partial charge in [0, 0.05) is 31.6 Å². The molecule has 0 spiro atoms. The number of piperidine rings is 4. The van der Waals surface area contributed by atoms with E-state index in [0.717, 1.165) is 37.3 Å². The predicted octanol–water partition coefficient (Wildman–Crippen LogP) is -2.25. The Hall–Kier alpha value is -0.440. The van der Waals surface area contributed by atoms with Gasteiger partial charge in [-0.1, -0.05) is 6.42 Å². The summed E-state index contributed by atoms with van der Waals surface area (Å²) in [5.41, 5.74) is 0. The van der Waals surface area contributed by atoms with E-state index in [-0.39, 0.29) is 0 Å². The summed E-state index contributed by atoms with van der Waals surface area (Å²) in [6.45, 7) is 3.66. The third kappa shape index (κ3) is 4.15. The fraction of sp³-hybridized carbons (Fsp3) is 0.933. The highest BCUT2D eigenvalue weighted by Gasteiger charge is 2.47. The van der Waals surface area contributed by atoms with E-state index in [9.17, 15) is 4.79 Å². The van der Waals surface area contributed by atoms with Crippen LogP contribution in [0.25, 0.3) is 0 Å². The zero-order chi connectivity index (χ0) is 16.6. The highest BCUT2D eigenvalue weighted by atomic mass is 35.7. The van der Waals surface area contributed by atoms with Crippen LogP contribution in [-0.2, 0) is 4.79 Å². The smallest absolute Gasteiger partial charge is 0.222 e. The molecule has 8 heteroatoms. The van der Waals surface area contributed by atoms with Crippen LogP contribution in [0.2, 0.25) is 0 Å². The van der Waals surface area contributed by atoms with Crippen LogP contribution in [0.15, 0.2) is 0 Å². The molecule has 0 saturated carbocycles. The van der Waals surface area contributed by atoms with Crippen molar-refractivity contribution in [2.24, 2.45) is 11.8 Å². The molecular weight excluding hydrogens is 324 g/mol. The third-order valence-corrected chi connectivity index (χ3v) is 5.87. The normalized spacial score (nSPS) is 37.4. The van der Waals surface area contributed by atoms with Gasteiger partial charge in [0.05, 0.1) is 14.9 Å². The lowest BCUT2D eigenvalue weighted by atomic mass is 9.71. The van der Waals surface area contributed by atoms with Crippen LogP contribution in [0.4, 0.5) is 0 Å². The first-order chi connectivity index (χ1) is 10.8. The van der Waals surface area contributed by atoms with Gasteiger partial charge in [0.15, 0.2) is 0 Å². The van der Waals surface area contributed by atoms with Crippen molar-refractivity contribution in [2.75, 3.05) is 19.6 Å². The van der Waals surface area contributed by atoms with E-state index in [1.165, 1.54) is 45.2 Å². The number of hydrogen-bond acceptors (Lipinski definition) is 6. The second-order valence-electron chi connectivity index (χ2n) is 7.22. The second kappa shape index (κ2) is 6.82. The van der Waals surface area contributed by atoms with Crippen LogP contribution >= 0.6 is 0 Å². The lowest BCUT2D eigenvalue weighted by molar-refractivity contribution is -1.92. The highest BCUT2D eigenvalue weighted by Crippen LogP contribution is 2.42. The molecule has 4 heterocycles. The van der Waals surface area contributed by atoms with Crippen LogP contribution in [0.5, 0.6) is 0 Å². The zero-order valence-electron chi connectivity index (χ0n) is 13.2. The fourth-order valence-corrected chi connectivity index (χ4v) is 5.10. The average Bonchev–Trinajstić information content (AvgIpc) is 2.47. The van der Waals surface area contributed by atoms with Crippen molar-refractivity contribution < 1.29 is 33.7 Å². The second-order valence-corrected chi connectivity index (χ2v) is 8.01. The quantitative estimate of drug-likeness (QED) is 0.529. The van der Waals surface area contributed by atoms with Gasteiger partial charge in [0.2, 0.25) is 5.91 Å². The minimum absolute atomic E-state index is 0.449.